The number of halogens is 2. The number of nitrogens with one attached hydrogen (secondary N) is 1. The molecule has 2 atom stereocenters. The number of benzene rings is 1. The van der Waals surface area contributed by atoms with Crippen molar-refractivity contribution in [1.82, 2.24) is 14.9 Å². The first-order valence-electron chi connectivity index (χ1n) is 12.0. The molecule has 4 heterocycles. The van der Waals surface area contributed by atoms with Crippen molar-refractivity contribution in [2.45, 2.75) is 57.9 Å². The molecule has 0 fully saturated rings. The number of hydrogen-bond acceptors (Lipinski definition) is 7. The van der Waals surface area contributed by atoms with Crippen LogP contribution in [0.4, 0.5) is 9.18 Å². The standard InChI is InChI=1S/C26H23ClFN3O6/c1-3-26(35)15-6-19-22-13(8-31(19)23(32)14(15)9-36-24(26)33)21-17(30-25(34)37-10-27)5-4-12-11(2)16(28)7-18(29-22)20(12)21/h6-7,17,35H,3-5,8-10H2,1-2H3,(H,30,34)/t17-,26-/m0/s1. The van der Waals surface area contributed by atoms with Crippen LogP contribution in [0.2, 0.25) is 0 Å². The first kappa shape index (κ1) is 23.9. The molecule has 37 heavy (non-hydrogen) atoms. The van der Waals surface area contributed by atoms with Gasteiger partial charge >= 0.3 is 12.1 Å². The summed E-state index contributed by atoms with van der Waals surface area (Å²) in [6.07, 6.45) is 0.338. The second kappa shape index (κ2) is 8.26. The highest BCUT2D eigenvalue weighted by Gasteiger charge is 2.46. The lowest BCUT2D eigenvalue weighted by atomic mass is 9.81. The molecule has 0 spiro atoms. The average Bonchev–Trinajstić information content (AvgIpc) is 3.24. The number of carbonyl (C=O) groups is 2. The van der Waals surface area contributed by atoms with Crippen LogP contribution in [0.1, 0.15) is 59.2 Å². The predicted octanol–water partition coefficient (Wildman–Crippen LogP) is 3.44. The van der Waals surface area contributed by atoms with Crippen LogP contribution < -0.4 is 10.9 Å². The lowest BCUT2D eigenvalue weighted by Gasteiger charge is -2.31. The molecule has 2 N–H and O–H groups in total. The minimum absolute atomic E-state index is 0.0213. The van der Waals surface area contributed by atoms with E-state index in [2.05, 4.69) is 5.32 Å². The largest absolute Gasteiger partial charge is 0.458 e. The van der Waals surface area contributed by atoms with Gasteiger partial charge in [0.15, 0.2) is 11.7 Å². The molecule has 1 aromatic carbocycles. The molecule has 9 nitrogen and oxygen atoms in total. The molecule has 192 valence electrons. The van der Waals surface area contributed by atoms with Crippen molar-refractivity contribution in [2.24, 2.45) is 0 Å². The fraction of sp³-hybridized carbons (Fsp3) is 0.385. The number of aryl methyl sites for hydroxylation is 1. The van der Waals surface area contributed by atoms with E-state index in [0.29, 0.717) is 40.9 Å². The van der Waals surface area contributed by atoms with Gasteiger partial charge in [0.2, 0.25) is 0 Å². The van der Waals surface area contributed by atoms with Crippen LogP contribution in [-0.2, 0) is 39.4 Å². The Labute approximate surface area is 215 Å². The number of alkyl carbamates (subject to hydrolysis) is 1. The van der Waals surface area contributed by atoms with Gasteiger partial charge in [-0.25, -0.2) is 19.0 Å². The molecule has 11 heteroatoms. The SMILES string of the molecule is CC[C@@]1(O)C(=O)OCc2c1cc1n(c2=O)Cc2c-1nc1cc(F)c(C)c3c1c2[C@@H](NC(=O)OCCl)CC3. The number of pyridine rings is 2. The zero-order valence-electron chi connectivity index (χ0n) is 20.1. The van der Waals surface area contributed by atoms with Crippen molar-refractivity contribution in [2.75, 3.05) is 6.07 Å². The normalized spacial score (nSPS) is 21.2. The summed E-state index contributed by atoms with van der Waals surface area (Å²) in [6.45, 7) is 3.27. The van der Waals surface area contributed by atoms with E-state index in [-0.39, 0.29) is 36.8 Å². The smallest absolute Gasteiger partial charge is 0.408 e. The third kappa shape index (κ3) is 3.25. The molecule has 2 aliphatic heterocycles. The van der Waals surface area contributed by atoms with Crippen molar-refractivity contribution in [1.29, 1.82) is 0 Å². The van der Waals surface area contributed by atoms with Crippen LogP contribution >= 0.6 is 11.6 Å². The number of cyclic esters (lactones) is 1. The van der Waals surface area contributed by atoms with Crippen LogP contribution in [0.5, 0.6) is 0 Å². The van der Waals surface area contributed by atoms with Crippen LogP contribution in [0.3, 0.4) is 0 Å². The minimum atomic E-state index is -1.96. The number of ether oxygens (including phenoxy) is 2. The maximum Gasteiger partial charge on any atom is 0.408 e. The lowest BCUT2D eigenvalue weighted by molar-refractivity contribution is -0.172. The molecular formula is C26H23ClFN3O6. The molecule has 0 saturated heterocycles. The lowest BCUT2D eigenvalue weighted by Crippen LogP contribution is -2.44. The van der Waals surface area contributed by atoms with E-state index in [9.17, 15) is 23.9 Å². The molecule has 0 saturated carbocycles. The summed E-state index contributed by atoms with van der Waals surface area (Å²) < 4.78 is 26.5. The third-order valence-corrected chi connectivity index (χ3v) is 7.96. The number of esters is 1. The fourth-order valence-corrected chi connectivity index (χ4v) is 6.03. The summed E-state index contributed by atoms with van der Waals surface area (Å²) in [6, 6.07) is 2.17. The van der Waals surface area contributed by atoms with E-state index in [4.69, 9.17) is 26.1 Å². The highest BCUT2D eigenvalue weighted by atomic mass is 35.5. The summed E-state index contributed by atoms with van der Waals surface area (Å²) in [5.41, 5.74) is 2.08. The van der Waals surface area contributed by atoms with Crippen LogP contribution in [0, 0.1) is 12.7 Å². The van der Waals surface area contributed by atoms with Gasteiger partial charge in [0.05, 0.1) is 35.1 Å². The van der Waals surface area contributed by atoms with Crippen molar-refractivity contribution < 1.29 is 28.6 Å². The first-order chi connectivity index (χ1) is 17.7. The topological polar surface area (TPSA) is 120 Å². The van der Waals surface area contributed by atoms with E-state index in [1.54, 1.807) is 19.9 Å². The highest BCUT2D eigenvalue weighted by Crippen LogP contribution is 2.45. The van der Waals surface area contributed by atoms with Gasteiger partial charge in [-0.05, 0) is 48.9 Å². The van der Waals surface area contributed by atoms with Crippen LogP contribution in [-0.4, -0.2) is 32.8 Å². The van der Waals surface area contributed by atoms with Crippen LogP contribution in [0.25, 0.3) is 22.3 Å². The van der Waals surface area contributed by atoms with Gasteiger partial charge in [0.1, 0.15) is 12.4 Å². The first-order valence-corrected chi connectivity index (χ1v) is 12.5. The predicted molar refractivity (Wildman–Crippen MR) is 131 cm³/mol. The number of aromatic nitrogens is 2. The van der Waals surface area contributed by atoms with Crippen molar-refractivity contribution in [3.63, 3.8) is 0 Å². The van der Waals surface area contributed by atoms with E-state index in [1.807, 2.05) is 0 Å². The molecule has 0 bridgehead atoms. The summed E-state index contributed by atoms with van der Waals surface area (Å²) in [4.78, 5) is 43.1. The third-order valence-electron chi connectivity index (χ3n) is 7.86. The molecule has 1 amide bonds. The molecule has 1 aliphatic carbocycles. The number of aliphatic hydroxyl groups is 1. The zero-order chi connectivity index (χ0) is 26.2. The minimum Gasteiger partial charge on any atom is -0.458 e. The Bertz CT molecular complexity index is 1600. The summed E-state index contributed by atoms with van der Waals surface area (Å²) >= 11 is 5.57. The van der Waals surface area contributed by atoms with Gasteiger partial charge in [0.25, 0.3) is 5.56 Å². The Morgan fingerprint density at radius 1 is 1.35 bits per heavy atom. The quantitative estimate of drug-likeness (QED) is 0.309. The van der Waals surface area contributed by atoms with Crippen LogP contribution in [0.15, 0.2) is 16.9 Å². The highest BCUT2D eigenvalue weighted by molar-refractivity contribution is 6.17. The van der Waals surface area contributed by atoms with E-state index in [0.717, 1.165) is 16.5 Å². The molecule has 2 aromatic heterocycles. The van der Waals surface area contributed by atoms with Gasteiger partial charge in [0, 0.05) is 22.6 Å². The molecule has 3 aromatic rings. The number of carbonyl (C=O) groups excluding carboxylic acids is 2. The number of rotatable bonds is 3. The maximum atomic E-state index is 14.9. The molecule has 0 unspecified atom stereocenters. The second-order valence-electron chi connectivity index (χ2n) is 9.59. The van der Waals surface area contributed by atoms with Gasteiger partial charge in [-0.3, -0.25) is 4.79 Å². The fourth-order valence-electron chi connectivity index (χ4n) is 5.93. The van der Waals surface area contributed by atoms with Gasteiger partial charge in [-0.15, -0.1) is 0 Å². The Kier molecular flexibility index (Phi) is 5.33. The van der Waals surface area contributed by atoms with Gasteiger partial charge in [-0.2, -0.15) is 0 Å². The summed E-state index contributed by atoms with van der Waals surface area (Å²) in [7, 11) is 0. The average molecular weight is 528 g/mol. The monoisotopic (exact) mass is 527 g/mol. The van der Waals surface area contributed by atoms with Crippen molar-refractivity contribution in [3.8, 4) is 11.4 Å². The maximum absolute atomic E-state index is 14.9. The number of alkyl halides is 1. The molecule has 3 aliphatic rings. The van der Waals surface area contributed by atoms with Crippen molar-refractivity contribution in [3.05, 3.63) is 61.7 Å². The summed E-state index contributed by atoms with van der Waals surface area (Å²) in [5.74, 6) is -1.20. The van der Waals surface area contributed by atoms with E-state index in [1.165, 1.54) is 10.6 Å². The Morgan fingerprint density at radius 2 is 2.14 bits per heavy atom. The molecule has 0 radical (unpaired) electrons. The molecule has 6 rings (SSSR count). The van der Waals surface area contributed by atoms with Gasteiger partial charge < -0.3 is 24.5 Å². The van der Waals surface area contributed by atoms with E-state index < -0.39 is 35.1 Å². The second-order valence-corrected chi connectivity index (χ2v) is 9.81. The van der Waals surface area contributed by atoms with Gasteiger partial charge in [-0.1, -0.05) is 18.5 Å². The van der Waals surface area contributed by atoms with E-state index >= 15 is 0 Å². The number of fused-ring (bicyclic) bond motifs is 5. The number of hydrogen-bond donors (Lipinski definition) is 2. The van der Waals surface area contributed by atoms with Crippen molar-refractivity contribution >= 4 is 34.6 Å². The molecular weight excluding hydrogens is 505 g/mol. The Balaban J connectivity index is 1.63. The number of nitrogens with zero attached hydrogens (tertiary/aromatic N) is 2. The Morgan fingerprint density at radius 3 is 2.86 bits per heavy atom. The summed E-state index contributed by atoms with van der Waals surface area (Å²) in [5, 5.41) is 14.7. The number of amides is 1. The Hall–Kier alpha value is -3.50. The zero-order valence-corrected chi connectivity index (χ0v) is 20.9.